The number of hydrogen-bond acceptors (Lipinski definition) is 4. The maximum atomic E-state index is 10.8. The summed E-state index contributed by atoms with van der Waals surface area (Å²) in [5.41, 5.74) is 0. The summed E-state index contributed by atoms with van der Waals surface area (Å²) in [6.45, 7) is 0. The average Bonchev–Trinajstić information content (AvgIpc) is 2.34. The molecule has 0 spiro atoms. The van der Waals surface area contributed by atoms with Gasteiger partial charge in [0.05, 0.1) is 11.9 Å². The van der Waals surface area contributed by atoms with E-state index < -0.39 is 9.84 Å². The van der Waals surface area contributed by atoms with Gasteiger partial charge in [-0.2, -0.15) is 11.8 Å². The van der Waals surface area contributed by atoms with Crippen molar-refractivity contribution in [3.8, 4) is 0 Å². The van der Waals surface area contributed by atoms with Crippen molar-refractivity contribution < 1.29 is 13.5 Å². The van der Waals surface area contributed by atoms with Crippen LogP contribution < -0.4 is 0 Å². The number of hydrogen-bond donors (Lipinski definition) is 1. The lowest BCUT2D eigenvalue weighted by atomic mass is 10.3. The summed E-state index contributed by atoms with van der Waals surface area (Å²) < 4.78 is 21.6. The zero-order chi connectivity index (χ0) is 9.90. The van der Waals surface area contributed by atoms with Crippen LogP contribution in [0, 0.1) is 0 Å². The van der Waals surface area contributed by atoms with E-state index in [1.54, 1.807) is 11.8 Å². The molecule has 0 unspecified atom stereocenters. The minimum atomic E-state index is -2.84. The second-order valence-corrected chi connectivity index (χ2v) is 7.14. The quantitative estimate of drug-likeness (QED) is 0.763. The third-order valence-electron chi connectivity index (χ3n) is 2.20. The highest BCUT2D eigenvalue weighted by molar-refractivity contribution is 8.01. The fourth-order valence-electron chi connectivity index (χ4n) is 1.45. The minimum absolute atomic E-state index is 0.218. The second kappa shape index (κ2) is 4.66. The van der Waals surface area contributed by atoms with Crippen molar-refractivity contribution >= 4 is 21.6 Å². The first-order valence-corrected chi connectivity index (χ1v) is 7.57. The van der Waals surface area contributed by atoms with Gasteiger partial charge >= 0.3 is 0 Å². The van der Waals surface area contributed by atoms with Crippen molar-refractivity contribution in [1.82, 2.24) is 0 Å². The lowest BCUT2D eigenvalue weighted by Crippen LogP contribution is -2.17. The first-order valence-electron chi connectivity index (χ1n) is 4.46. The minimum Gasteiger partial charge on any atom is -0.392 e. The molecule has 1 aliphatic carbocycles. The predicted octanol–water partition coefficient (Wildman–Crippen LogP) is 0.678. The van der Waals surface area contributed by atoms with Crippen LogP contribution in [0.4, 0.5) is 0 Å². The SMILES string of the molecule is CS(=O)(=O)CCS[C@@H]1CCC[C@H]1O. The van der Waals surface area contributed by atoms with Gasteiger partial charge in [0.15, 0.2) is 0 Å². The highest BCUT2D eigenvalue weighted by Gasteiger charge is 2.25. The zero-order valence-electron chi connectivity index (χ0n) is 7.77. The smallest absolute Gasteiger partial charge is 0.148 e. The van der Waals surface area contributed by atoms with Crippen molar-refractivity contribution in [2.75, 3.05) is 17.8 Å². The summed E-state index contributed by atoms with van der Waals surface area (Å²) in [6.07, 6.45) is 3.99. The normalized spacial score (nSPS) is 29.4. The Morgan fingerprint density at radius 2 is 2.15 bits per heavy atom. The Labute approximate surface area is 83.8 Å². The van der Waals surface area contributed by atoms with E-state index in [0.717, 1.165) is 19.3 Å². The van der Waals surface area contributed by atoms with E-state index >= 15 is 0 Å². The first kappa shape index (κ1) is 11.3. The molecule has 1 saturated carbocycles. The first-order chi connectivity index (χ1) is 5.99. The number of aliphatic hydroxyl groups excluding tert-OH is 1. The second-order valence-electron chi connectivity index (χ2n) is 3.54. The van der Waals surface area contributed by atoms with Gasteiger partial charge in [-0.1, -0.05) is 0 Å². The van der Waals surface area contributed by atoms with E-state index in [-0.39, 0.29) is 17.1 Å². The molecule has 5 heteroatoms. The van der Waals surface area contributed by atoms with Crippen molar-refractivity contribution in [2.24, 2.45) is 0 Å². The molecular formula is C8H16O3S2. The van der Waals surface area contributed by atoms with Crippen molar-refractivity contribution in [3.05, 3.63) is 0 Å². The Morgan fingerprint density at radius 3 is 2.62 bits per heavy atom. The molecule has 0 radical (unpaired) electrons. The summed E-state index contributed by atoms with van der Waals surface area (Å²) >= 11 is 1.59. The van der Waals surface area contributed by atoms with Crippen LogP contribution in [-0.4, -0.2) is 42.6 Å². The Hall–Kier alpha value is 0.260. The molecule has 0 saturated heterocycles. The number of thioether (sulfide) groups is 1. The molecule has 1 aliphatic rings. The molecule has 2 atom stereocenters. The number of aliphatic hydroxyl groups is 1. The molecule has 3 nitrogen and oxygen atoms in total. The monoisotopic (exact) mass is 224 g/mol. The van der Waals surface area contributed by atoms with Crippen LogP contribution in [0.2, 0.25) is 0 Å². The maximum Gasteiger partial charge on any atom is 0.148 e. The number of rotatable bonds is 4. The van der Waals surface area contributed by atoms with Crippen LogP contribution in [0.3, 0.4) is 0 Å². The van der Waals surface area contributed by atoms with Crippen LogP contribution in [0.1, 0.15) is 19.3 Å². The molecule has 0 heterocycles. The van der Waals surface area contributed by atoms with Crippen molar-refractivity contribution in [2.45, 2.75) is 30.6 Å². The third kappa shape index (κ3) is 4.33. The maximum absolute atomic E-state index is 10.8. The van der Waals surface area contributed by atoms with E-state index in [9.17, 15) is 13.5 Å². The molecule has 78 valence electrons. The van der Waals surface area contributed by atoms with E-state index in [1.807, 2.05) is 0 Å². The summed E-state index contributed by atoms with van der Waals surface area (Å²) in [5, 5.41) is 9.71. The molecular weight excluding hydrogens is 208 g/mol. The number of sulfone groups is 1. The highest BCUT2D eigenvalue weighted by atomic mass is 32.2. The molecule has 0 aromatic rings. The molecule has 1 N–H and O–H groups in total. The average molecular weight is 224 g/mol. The summed E-state index contributed by atoms with van der Waals surface area (Å²) in [6, 6.07) is 0. The topological polar surface area (TPSA) is 54.4 Å². The van der Waals surface area contributed by atoms with Crippen LogP contribution in [0.5, 0.6) is 0 Å². The van der Waals surface area contributed by atoms with Gasteiger partial charge in [0.2, 0.25) is 0 Å². The van der Waals surface area contributed by atoms with Crippen molar-refractivity contribution in [3.63, 3.8) is 0 Å². The predicted molar refractivity (Wildman–Crippen MR) is 55.8 cm³/mol. The molecule has 1 rings (SSSR count). The zero-order valence-corrected chi connectivity index (χ0v) is 9.40. The van der Waals surface area contributed by atoms with Crippen LogP contribution in [0.15, 0.2) is 0 Å². The molecule has 13 heavy (non-hydrogen) atoms. The Kier molecular flexibility index (Phi) is 4.06. The van der Waals surface area contributed by atoms with E-state index in [0.29, 0.717) is 5.75 Å². The standard InChI is InChI=1S/C8H16O3S2/c1-13(10,11)6-5-12-8-4-2-3-7(8)9/h7-9H,2-6H2,1H3/t7-,8-/m1/s1. The van der Waals surface area contributed by atoms with Gasteiger partial charge in [0.25, 0.3) is 0 Å². The largest absolute Gasteiger partial charge is 0.392 e. The van der Waals surface area contributed by atoms with Gasteiger partial charge in [0, 0.05) is 17.3 Å². The fraction of sp³-hybridized carbons (Fsp3) is 1.00. The molecule has 0 aliphatic heterocycles. The Bertz CT molecular complexity index is 248. The summed E-state index contributed by atoms with van der Waals surface area (Å²) in [7, 11) is -2.84. The molecule has 1 fully saturated rings. The third-order valence-corrected chi connectivity index (χ3v) is 4.83. The molecule has 0 bridgehead atoms. The summed E-state index contributed by atoms with van der Waals surface area (Å²) in [4.78, 5) is 0. The van der Waals surface area contributed by atoms with Gasteiger partial charge in [0.1, 0.15) is 9.84 Å². The lowest BCUT2D eigenvalue weighted by molar-refractivity contribution is 0.188. The Balaban J connectivity index is 2.19. The van der Waals surface area contributed by atoms with Gasteiger partial charge in [-0.3, -0.25) is 0 Å². The van der Waals surface area contributed by atoms with Crippen LogP contribution in [-0.2, 0) is 9.84 Å². The molecule has 0 aromatic carbocycles. The molecule has 0 aromatic heterocycles. The van der Waals surface area contributed by atoms with Crippen molar-refractivity contribution in [1.29, 1.82) is 0 Å². The van der Waals surface area contributed by atoms with E-state index in [4.69, 9.17) is 0 Å². The fourth-order valence-corrected chi connectivity index (χ4v) is 4.04. The Morgan fingerprint density at radius 1 is 1.46 bits per heavy atom. The van der Waals surface area contributed by atoms with E-state index in [1.165, 1.54) is 6.26 Å². The molecule has 0 amide bonds. The van der Waals surface area contributed by atoms with Gasteiger partial charge in [-0.05, 0) is 19.3 Å². The van der Waals surface area contributed by atoms with Crippen LogP contribution >= 0.6 is 11.8 Å². The van der Waals surface area contributed by atoms with E-state index in [2.05, 4.69) is 0 Å². The lowest BCUT2D eigenvalue weighted by Gasteiger charge is -2.12. The van der Waals surface area contributed by atoms with Crippen LogP contribution in [0.25, 0.3) is 0 Å². The summed E-state index contributed by atoms with van der Waals surface area (Å²) in [5.74, 6) is 0.835. The van der Waals surface area contributed by atoms with Gasteiger partial charge < -0.3 is 5.11 Å². The highest BCUT2D eigenvalue weighted by Crippen LogP contribution is 2.29. The van der Waals surface area contributed by atoms with Gasteiger partial charge in [-0.25, -0.2) is 8.42 Å². The van der Waals surface area contributed by atoms with Gasteiger partial charge in [-0.15, -0.1) is 0 Å².